The van der Waals surface area contributed by atoms with Crippen molar-refractivity contribution in [3.8, 4) is 0 Å². The Hall–Kier alpha value is -1.20. The molecule has 2 rings (SSSR count). The van der Waals surface area contributed by atoms with E-state index < -0.39 is 17.7 Å². The van der Waals surface area contributed by atoms with Gasteiger partial charge in [-0.1, -0.05) is 64.0 Å². The monoisotopic (exact) mass is 422 g/mol. The van der Waals surface area contributed by atoms with Gasteiger partial charge in [-0.05, 0) is 56.8 Å². The molecule has 2 saturated carbocycles. The number of unbranched alkanes of at least 4 members (excludes halogenated alkanes) is 5. The fourth-order valence-electron chi connectivity index (χ4n) is 4.94. The van der Waals surface area contributed by atoms with Gasteiger partial charge in [-0.25, -0.2) is 4.79 Å². The number of hydrogen-bond acceptors (Lipinski definition) is 4. The van der Waals surface area contributed by atoms with Crippen molar-refractivity contribution in [3.63, 3.8) is 0 Å². The lowest BCUT2D eigenvalue weighted by molar-refractivity contribution is -0.147. The zero-order valence-electron chi connectivity index (χ0n) is 18.7. The van der Waals surface area contributed by atoms with Gasteiger partial charge in [0.25, 0.3) is 0 Å². The Kier molecular flexibility index (Phi) is 10.5. The number of aliphatic hydroxyl groups excluding tert-OH is 1. The zero-order chi connectivity index (χ0) is 22.0. The van der Waals surface area contributed by atoms with Crippen molar-refractivity contribution in [1.82, 2.24) is 0 Å². The molecule has 0 aromatic heterocycles. The number of ketones is 1. The van der Waals surface area contributed by atoms with Gasteiger partial charge in [0.2, 0.25) is 0 Å². The molecular weight excluding hydrogens is 380 g/mol. The van der Waals surface area contributed by atoms with Crippen LogP contribution in [0, 0.1) is 17.8 Å². The van der Waals surface area contributed by atoms with Crippen molar-refractivity contribution in [2.24, 2.45) is 17.8 Å². The molecule has 0 aromatic rings. The lowest BCUT2D eigenvalue weighted by Crippen LogP contribution is -2.30. The molecule has 5 nitrogen and oxygen atoms in total. The van der Waals surface area contributed by atoms with E-state index in [9.17, 15) is 19.8 Å². The number of carboxylic acid groups (broad SMARTS) is 1. The topological polar surface area (TPSA) is 94.8 Å². The summed E-state index contributed by atoms with van der Waals surface area (Å²) in [6.07, 6.45) is 16.7. The second-order valence-electron chi connectivity index (χ2n) is 9.59. The minimum atomic E-state index is -1.28. The van der Waals surface area contributed by atoms with Gasteiger partial charge in [0, 0.05) is 12.3 Å². The second-order valence-corrected chi connectivity index (χ2v) is 9.59. The van der Waals surface area contributed by atoms with Crippen LogP contribution in [-0.2, 0) is 9.59 Å². The van der Waals surface area contributed by atoms with Crippen LogP contribution in [0.3, 0.4) is 0 Å². The predicted octanol–water partition coefficient (Wildman–Crippen LogP) is 5.04. The van der Waals surface area contributed by atoms with Gasteiger partial charge < -0.3 is 15.3 Å². The van der Waals surface area contributed by atoms with E-state index in [1.54, 1.807) is 0 Å². The summed E-state index contributed by atoms with van der Waals surface area (Å²) in [6, 6.07) is 0. The molecule has 0 bridgehead atoms. The Bertz CT molecular complexity index is 568. The molecule has 0 spiro atoms. The summed E-state index contributed by atoms with van der Waals surface area (Å²) in [5.41, 5.74) is -0.562. The molecule has 0 radical (unpaired) electrons. The van der Waals surface area contributed by atoms with Crippen molar-refractivity contribution < 1.29 is 24.9 Å². The molecule has 2 fully saturated rings. The normalized spacial score (nSPS) is 25.0. The fourth-order valence-corrected chi connectivity index (χ4v) is 4.94. The largest absolute Gasteiger partial charge is 0.479 e. The Morgan fingerprint density at radius 1 is 1.13 bits per heavy atom. The second kappa shape index (κ2) is 12.6. The smallest absolute Gasteiger partial charge is 0.332 e. The van der Waals surface area contributed by atoms with Gasteiger partial charge in [-0.15, -0.1) is 0 Å². The van der Waals surface area contributed by atoms with E-state index in [1.807, 2.05) is 0 Å². The summed E-state index contributed by atoms with van der Waals surface area (Å²) in [7, 11) is 0. The van der Waals surface area contributed by atoms with Crippen LogP contribution in [0.5, 0.6) is 0 Å². The van der Waals surface area contributed by atoms with Gasteiger partial charge in [-0.2, -0.15) is 0 Å². The predicted molar refractivity (Wildman–Crippen MR) is 118 cm³/mol. The van der Waals surface area contributed by atoms with Crippen molar-refractivity contribution in [3.05, 3.63) is 12.2 Å². The molecule has 0 aromatic carbocycles. The quantitative estimate of drug-likeness (QED) is 0.239. The number of aliphatic hydroxyl groups is 2. The molecule has 172 valence electrons. The summed E-state index contributed by atoms with van der Waals surface area (Å²) in [6.45, 7) is 2.20. The van der Waals surface area contributed by atoms with E-state index in [-0.39, 0.29) is 18.3 Å². The van der Waals surface area contributed by atoms with E-state index in [1.165, 1.54) is 19.3 Å². The van der Waals surface area contributed by atoms with E-state index in [0.29, 0.717) is 31.0 Å². The molecule has 4 atom stereocenters. The summed E-state index contributed by atoms with van der Waals surface area (Å²) >= 11 is 0. The minimum Gasteiger partial charge on any atom is -0.479 e. The van der Waals surface area contributed by atoms with Crippen LogP contribution in [0.2, 0.25) is 0 Å². The van der Waals surface area contributed by atoms with Crippen molar-refractivity contribution in [2.45, 2.75) is 115 Å². The third kappa shape index (κ3) is 8.14. The van der Waals surface area contributed by atoms with Gasteiger partial charge in [0.1, 0.15) is 5.78 Å². The van der Waals surface area contributed by atoms with Crippen molar-refractivity contribution >= 4 is 11.8 Å². The van der Waals surface area contributed by atoms with Crippen LogP contribution in [0.1, 0.15) is 103 Å². The van der Waals surface area contributed by atoms with Crippen molar-refractivity contribution in [2.75, 3.05) is 0 Å². The number of aliphatic carboxylic acids is 1. The molecule has 0 aliphatic heterocycles. The van der Waals surface area contributed by atoms with E-state index in [0.717, 1.165) is 51.4 Å². The lowest BCUT2D eigenvalue weighted by atomic mass is 9.85. The Labute approximate surface area is 182 Å². The molecule has 30 heavy (non-hydrogen) atoms. The van der Waals surface area contributed by atoms with E-state index in [4.69, 9.17) is 5.11 Å². The highest BCUT2D eigenvalue weighted by Crippen LogP contribution is 2.45. The van der Waals surface area contributed by atoms with Crippen LogP contribution in [0.25, 0.3) is 0 Å². The summed E-state index contributed by atoms with van der Waals surface area (Å²) in [5.74, 6) is -0.0456. The molecular formula is C25H42O5. The van der Waals surface area contributed by atoms with Crippen LogP contribution >= 0.6 is 0 Å². The maximum atomic E-state index is 12.3. The number of carbonyl (C=O) groups is 2. The van der Waals surface area contributed by atoms with Gasteiger partial charge in [0.15, 0.2) is 6.10 Å². The van der Waals surface area contributed by atoms with Crippen LogP contribution < -0.4 is 0 Å². The Balaban J connectivity index is 1.75. The maximum Gasteiger partial charge on any atom is 0.332 e. The van der Waals surface area contributed by atoms with Crippen LogP contribution in [0.15, 0.2) is 12.2 Å². The SMILES string of the molecule is CCCCCCC(O)(CC=C[C@H]1CCC(=O)[C@@H]1CCCCCC(O)C(=O)O)C1CC1. The highest BCUT2D eigenvalue weighted by molar-refractivity contribution is 5.83. The Morgan fingerprint density at radius 3 is 2.53 bits per heavy atom. The molecule has 0 heterocycles. The van der Waals surface area contributed by atoms with E-state index in [2.05, 4.69) is 19.1 Å². The number of carboxylic acids is 1. The molecule has 0 saturated heterocycles. The Morgan fingerprint density at radius 2 is 1.87 bits per heavy atom. The molecule has 2 unspecified atom stereocenters. The molecule has 5 heteroatoms. The lowest BCUT2D eigenvalue weighted by Gasteiger charge is -2.27. The maximum absolute atomic E-state index is 12.3. The number of Topliss-reactive ketones (excluding diaryl/α,β-unsaturated/α-hetero) is 1. The molecule has 3 N–H and O–H groups in total. The van der Waals surface area contributed by atoms with Crippen LogP contribution in [0.4, 0.5) is 0 Å². The van der Waals surface area contributed by atoms with Gasteiger partial charge in [-0.3, -0.25) is 4.79 Å². The van der Waals surface area contributed by atoms with Crippen LogP contribution in [-0.4, -0.2) is 38.8 Å². The number of hydrogen-bond donors (Lipinski definition) is 3. The fraction of sp³-hybridized carbons (Fsp3) is 0.840. The highest BCUT2D eigenvalue weighted by atomic mass is 16.4. The first kappa shape index (κ1) is 25.1. The van der Waals surface area contributed by atoms with Gasteiger partial charge >= 0.3 is 5.97 Å². The number of allylic oxidation sites excluding steroid dienone is 1. The molecule has 0 amide bonds. The third-order valence-corrected chi connectivity index (χ3v) is 7.09. The average molecular weight is 423 g/mol. The molecule has 2 aliphatic carbocycles. The first-order valence-electron chi connectivity index (χ1n) is 12.2. The average Bonchev–Trinajstić information content (AvgIpc) is 3.51. The van der Waals surface area contributed by atoms with E-state index >= 15 is 0 Å². The summed E-state index contributed by atoms with van der Waals surface area (Å²) in [5, 5.41) is 29.2. The number of carbonyl (C=O) groups excluding carboxylic acids is 1. The van der Waals surface area contributed by atoms with Gasteiger partial charge in [0.05, 0.1) is 5.60 Å². The zero-order valence-corrected chi connectivity index (χ0v) is 18.7. The highest BCUT2D eigenvalue weighted by Gasteiger charge is 2.42. The molecule has 2 aliphatic rings. The number of rotatable bonds is 16. The summed E-state index contributed by atoms with van der Waals surface area (Å²) < 4.78 is 0. The summed E-state index contributed by atoms with van der Waals surface area (Å²) in [4.78, 5) is 23.0. The minimum absolute atomic E-state index is 0.0595. The standard InChI is InChI=1S/C25H42O5/c1-2-3-4-8-17-25(30,20-14-15-20)18-9-10-19-13-16-22(26)21(19)11-6-5-7-12-23(27)24(28)29/h9-10,19-21,23,27,30H,2-8,11-18H2,1H3,(H,28,29)/t19-,21+,23?,25?/m0/s1. The first-order valence-corrected chi connectivity index (χ1v) is 12.2. The third-order valence-electron chi connectivity index (χ3n) is 7.09. The first-order chi connectivity index (χ1) is 14.4. The van der Waals surface area contributed by atoms with Crippen molar-refractivity contribution in [1.29, 1.82) is 0 Å².